The van der Waals surface area contributed by atoms with Gasteiger partial charge in [-0.25, -0.2) is 4.79 Å². The predicted molar refractivity (Wildman–Crippen MR) is 158 cm³/mol. The molecule has 1 aliphatic heterocycles. The molecule has 0 saturated heterocycles. The number of carboxylic acids is 2. The number of methoxy groups -OCH3 is 1. The maximum atomic E-state index is 13.6. The molecule has 1 heterocycles. The topological polar surface area (TPSA) is 130 Å². The lowest BCUT2D eigenvalue weighted by molar-refractivity contribution is -0.137. The van der Waals surface area contributed by atoms with Crippen LogP contribution in [-0.4, -0.2) is 52.3 Å². The van der Waals surface area contributed by atoms with Crippen LogP contribution in [0.25, 0.3) is 0 Å². The molecule has 0 bridgehead atoms. The van der Waals surface area contributed by atoms with Gasteiger partial charge in [-0.1, -0.05) is 24.3 Å². The molecular formula is C34H35NO8. The first kappa shape index (κ1) is 29.8. The molecule has 43 heavy (non-hydrogen) atoms. The molecule has 2 aliphatic carbocycles. The zero-order valence-corrected chi connectivity index (χ0v) is 24.2. The van der Waals surface area contributed by atoms with Gasteiger partial charge in [-0.2, -0.15) is 0 Å². The van der Waals surface area contributed by atoms with Crippen molar-refractivity contribution < 1.29 is 38.9 Å². The van der Waals surface area contributed by atoms with Gasteiger partial charge >= 0.3 is 11.9 Å². The first-order chi connectivity index (χ1) is 20.7. The molecule has 224 valence electrons. The van der Waals surface area contributed by atoms with E-state index in [1.54, 1.807) is 18.2 Å². The van der Waals surface area contributed by atoms with Crippen LogP contribution in [0.5, 0.6) is 11.5 Å². The van der Waals surface area contributed by atoms with Crippen LogP contribution in [0.1, 0.15) is 77.9 Å². The molecule has 5 rings (SSSR count). The molecular weight excluding hydrogens is 550 g/mol. The Bertz CT molecular complexity index is 1500. The smallest absolute Gasteiger partial charge is 0.335 e. The van der Waals surface area contributed by atoms with Gasteiger partial charge in [-0.15, -0.1) is 6.58 Å². The molecule has 0 radical (unpaired) electrons. The Balaban J connectivity index is 1.60. The predicted octanol–water partition coefficient (Wildman–Crippen LogP) is 5.59. The minimum atomic E-state index is -1.00. The Morgan fingerprint density at radius 1 is 0.977 bits per heavy atom. The van der Waals surface area contributed by atoms with Crippen molar-refractivity contribution in [3.05, 3.63) is 93.8 Å². The summed E-state index contributed by atoms with van der Waals surface area (Å²) in [5.74, 6) is -1.61. The van der Waals surface area contributed by atoms with E-state index in [9.17, 15) is 29.4 Å². The van der Waals surface area contributed by atoms with Gasteiger partial charge in [-0.05, 0) is 61.4 Å². The van der Waals surface area contributed by atoms with Crippen LogP contribution in [0.3, 0.4) is 0 Å². The molecule has 0 unspecified atom stereocenters. The van der Waals surface area contributed by atoms with E-state index in [1.807, 2.05) is 17.0 Å². The number of ketones is 2. The number of aromatic carboxylic acids is 1. The second kappa shape index (κ2) is 12.7. The molecule has 9 heteroatoms. The number of hydrogen-bond donors (Lipinski definition) is 2. The first-order valence-electron chi connectivity index (χ1n) is 14.5. The Morgan fingerprint density at radius 3 is 2.14 bits per heavy atom. The largest absolute Gasteiger partial charge is 0.493 e. The summed E-state index contributed by atoms with van der Waals surface area (Å²) in [6.07, 6.45) is 5.47. The fourth-order valence-electron chi connectivity index (χ4n) is 6.40. The Morgan fingerprint density at radius 2 is 1.60 bits per heavy atom. The highest BCUT2D eigenvalue weighted by Gasteiger charge is 2.43. The quantitative estimate of drug-likeness (QED) is 0.324. The van der Waals surface area contributed by atoms with E-state index in [2.05, 4.69) is 6.58 Å². The zero-order valence-electron chi connectivity index (χ0n) is 24.2. The van der Waals surface area contributed by atoms with Crippen molar-refractivity contribution in [3.63, 3.8) is 0 Å². The van der Waals surface area contributed by atoms with E-state index >= 15 is 0 Å². The van der Waals surface area contributed by atoms with E-state index in [0.29, 0.717) is 67.6 Å². The van der Waals surface area contributed by atoms with Crippen molar-refractivity contribution in [2.75, 3.05) is 13.7 Å². The molecule has 2 aromatic rings. The lowest BCUT2D eigenvalue weighted by Gasteiger charge is -2.44. The fourth-order valence-corrected chi connectivity index (χ4v) is 6.40. The molecule has 0 atom stereocenters. The SMILES string of the molecule is C=CCc1cc(C2C3=C(CCCC3=O)N(CCC(=O)O)C3=C2C(=O)CCC3)cc(OC)c1OCc1ccc(C(=O)O)cc1. The van der Waals surface area contributed by atoms with Crippen LogP contribution in [0.2, 0.25) is 0 Å². The lowest BCUT2D eigenvalue weighted by atomic mass is 9.70. The highest BCUT2D eigenvalue weighted by molar-refractivity contribution is 6.06. The van der Waals surface area contributed by atoms with Crippen LogP contribution >= 0.6 is 0 Å². The number of nitrogens with zero attached hydrogens (tertiary/aromatic N) is 1. The van der Waals surface area contributed by atoms with Crippen LogP contribution in [-0.2, 0) is 27.4 Å². The number of benzene rings is 2. The molecule has 2 aromatic carbocycles. The lowest BCUT2D eigenvalue weighted by Crippen LogP contribution is -2.40. The molecule has 0 saturated carbocycles. The summed E-state index contributed by atoms with van der Waals surface area (Å²) in [5.41, 5.74) is 5.28. The molecule has 3 aliphatic rings. The van der Waals surface area contributed by atoms with Crippen LogP contribution in [0.15, 0.2) is 71.6 Å². The van der Waals surface area contributed by atoms with Crippen LogP contribution in [0.4, 0.5) is 0 Å². The normalized spacial score (nSPS) is 17.0. The average molecular weight is 586 g/mol. The molecule has 0 spiro atoms. The minimum absolute atomic E-state index is 0.0223. The second-order valence-electron chi connectivity index (χ2n) is 11.0. The summed E-state index contributed by atoms with van der Waals surface area (Å²) in [6, 6.07) is 10.2. The average Bonchev–Trinajstić information content (AvgIpc) is 2.99. The maximum absolute atomic E-state index is 13.6. The number of carbonyl (C=O) groups is 4. The van der Waals surface area contributed by atoms with Gasteiger partial charge in [0.15, 0.2) is 23.1 Å². The Labute approximate surface area is 250 Å². The molecule has 0 amide bonds. The highest BCUT2D eigenvalue weighted by atomic mass is 16.5. The number of hydrogen-bond acceptors (Lipinski definition) is 7. The van der Waals surface area contributed by atoms with Crippen molar-refractivity contribution >= 4 is 23.5 Å². The van der Waals surface area contributed by atoms with E-state index < -0.39 is 17.9 Å². The zero-order chi connectivity index (χ0) is 30.7. The van der Waals surface area contributed by atoms with Gasteiger partial charge in [0.25, 0.3) is 0 Å². The second-order valence-corrected chi connectivity index (χ2v) is 11.0. The first-order valence-corrected chi connectivity index (χ1v) is 14.5. The molecule has 2 N–H and O–H groups in total. The van der Waals surface area contributed by atoms with Crippen molar-refractivity contribution in [2.24, 2.45) is 0 Å². The van der Waals surface area contributed by atoms with Gasteiger partial charge in [0.2, 0.25) is 0 Å². The number of carbonyl (C=O) groups excluding carboxylic acids is 2. The Hall–Kier alpha value is -4.66. The maximum Gasteiger partial charge on any atom is 0.335 e. The number of aliphatic carboxylic acids is 1. The number of carboxylic acid groups (broad SMARTS) is 2. The summed E-state index contributed by atoms with van der Waals surface area (Å²) in [7, 11) is 1.53. The van der Waals surface area contributed by atoms with Gasteiger partial charge in [0.05, 0.1) is 19.1 Å². The third-order valence-electron chi connectivity index (χ3n) is 8.29. The number of allylic oxidation sites excluding steroid dienone is 5. The summed E-state index contributed by atoms with van der Waals surface area (Å²) in [4.78, 5) is 51.9. The standard InChI is InChI=1S/C34H35NO8/c1-3-6-22-17-23(18-28(42-2)33(22)43-19-20-11-13-21(14-12-20)34(40)41)30-31-24(7-4-9-26(31)36)35(16-15-29(38)39)25-8-5-10-27(37)32(25)30/h3,11-14,17-18,30H,1,4-10,15-16,19H2,2H3,(H,38,39)(H,40,41). The Kier molecular flexibility index (Phi) is 8.80. The fraction of sp³-hybridized carbons (Fsp3) is 0.353. The van der Waals surface area contributed by atoms with E-state index in [-0.39, 0.29) is 36.7 Å². The summed E-state index contributed by atoms with van der Waals surface area (Å²) < 4.78 is 12.0. The summed E-state index contributed by atoms with van der Waals surface area (Å²) in [6.45, 7) is 4.29. The number of ether oxygens (including phenoxy) is 2. The van der Waals surface area contributed by atoms with E-state index in [1.165, 1.54) is 19.2 Å². The summed E-state index contributed by atoms with van der Waals surface area (Å²) >= 11 is 0. The van der Waals surface area contributed by atoms with Gasteiger partial charge in [0.1, 0.15) is 6.61 Å². The third kappa shape index (κ3) is 5.98. The van der Waals surface area contributed by atoms with Gasteiger partial charge in [0, 0.05) is 53.4 Å². The summed E-state index contributed by atoms with van der Waals surface area (Å²) in [5, 5.41) is 18.6. The van der Waals surface area contributed by atoms with E-state index in [4.69, 9.17) is 9.47 Å². The molecule has 9 nitrogen and oxygen atoms in total. The number of Topliss-reactive ketones (excluding diaryl/α,β-unsaturated/α-hetero) is 2. The third-order valence-corrected chi connectivity index (χ3v) is 8.29. The number of rotatable bonds is 11. The van der Waals surface area contributed by atoms with Crippen molar-refractivity contribution in [2.45, 2.75) is 63.9 Å². The molecule has 0 fully saturated rings. The van der Waals surface area contributed by atoms with Crippen molar-refractivity contribution in [1.29, 1.82) is 0 Å². The van der Waals surface area contributed by atoms with Gasteiger partial charge < -0.3 is 24.6 Å². The molecule has 0 aromatic heterocycles. The van der Waals surface area contributed by atoms with Crippen LogP contribution < -0.4 is 9.47 Å². The van der Waals surface area contributed by atoms with Crippen molar-refractivity contribution in [3.8, 4) is 11.5 Å². The van der Waals surface area contributed by atoms with Crippen molar-refractivity contribution in [1.82, 2.24) is 4.90 Å². The van der Waals surface area contributed by atoms with E-state index in [0.717, 1.165) is 28.1 Å². The van der Waals surface area contributed by atoms with Crippen LogP contribution in [0, 0.1) is 0 Å². The highest BCUT2D eigenvalue weighted by Crippen LogP contribution is 2.50. The van der Waals surface area contributed by atoms with Gasteiger partial charge in [-0.3, -0.25) is 14.4 Å². The minimum Gasteiger partial charge on any atom is -0.493 e. The monoisotopic (exact) mass is 585 g/mol.